The number of anilines is 1. The number of aromatic nitrogens is 2. The van der Waals surface area contributed by atoms with Gasteiger partial charge in [-0.1, -0.05) is 11.3 Å². The Morgan fingerprint density at radius 3 is 2.57 bits per heavy atom. The van der Waals surface area contributed by atoms with E-state index in [0.29, 0.717) is 40.8 Å². The van der Waals surface area contributed by atoms with Crippen molar-refractivity contribution in [2.75, 3.05) is 46.3 Å². The first-order valence-electron chi connectivity index (χ1n) is 9.33. The lowest BCUT2D eigenvalue weighted by molar-refractivity contribution is 0.0985. The zero-order valence-corrected chi connectivity index (χ0v) is 18.8. The molecule has 0 aliphatic rings. The molecule has 0 bridgehead atoms. The molecule has 7 nitrogen and oxygen atoms in total. The molecular weight excluding hydrogens is 420 g/mol. The smallest absolute Gasteiger partial charge is 0.260 e. The number of benzene rings is 2. The Hall–Kier alpha value is -2.75. The van der Waals surface area contributed by atoms with Crippen molar-refractivity contribution in [1.82, 2.24) is 14.9 Å². The summed E-state index contributed by atoms with van der Waals surface area (Å²) < 4.78 is 12.8. The quantitative estimate of drug-likeness (QED) is 0.429. The van der Waals surface area contributed by atoms with E-state index in [1.807, 2.05) is 49.3 Å². The van der Waals surface area contributed by atoms with Gasteiger partial charge in [-0.25, -0.2) is 9.97 Å². The van der Waals surface area contributed by atoms with Crippen LogP contribution in [0.2, 0.25) is 0 Å². The standard InChI is InChI=1S/C21H22N4O3S2/c1-24(2)9-10-25(20(26)13-5-6-14-17(11-13)29-12-22-14)21-23-18-15(27-3)7-8-16(28-4)19(18)30-21/h5-8,11-12H,9-10H2,1-4H3. The Labute approximate surface area is 182 Å². The third kappa shape index (κ3) is 3.83. The fourth-order valence-electron chi connectivity index (χ4n) is 3.12. The molecule has 2 aromatic heterocycles. The molecule has 4 aromatic rings. The Kier molecular flexibility index (Phi) is 5.85. The molecule has 0 spiro atoms. The number of methoxy groups -OCH3 is 2. The van der Waals surface area contributed by atoms with Crippen LogP contribution in [0.4, 0.5) is 5.13 Å². The average Bonchev–Trinajstić information content (AvgIpc) is 3.39. The topological polar surface area (TPSA) is 67.8 Å². The van der Waals surface area contributed by atoms with E-state index in [4.69, 9.17) is 14.5 Å². The Morgan fingerprint density at radius 1 is 1.07 bits per heavy atom. The molecule has 1 amide bonds. The van der Waals surface area contributed by atoms with Crippen LogP contribution in [-0.4, -0.2) is 62.2 Å². The van der Waals surface area contributed by atoms with E-state index in [2.05, 4.69) is 4.98 Å². The second kappa shape index (κ2) is 8.55. The largest absolute Gasteiger partial charge is 0.495 e. The van der Waals surface area contributed by atoms with E-state index >= 15 is 0 Å². The SMILES string of the molecule is COc1ccc(OC)c2sc(N(CCN(C)C)C(=O)c3ccc4ncsc4c3)nc12. The van der Waals surface area contributed by atoms with Crippen molar-refractivity contribution in [3.8, 4) is 11.5 Å². The lowest BCUT2D eigenvalue weighted by atomic mass is 10.2. The van der Waals surface area contributed by atoms with Crippen LogP contribution in [0.5, 0.6) is 11.5 Å². The number of rotatable bonds is 7. The van der Waals surface area contributed by atoms with Gasteiger partial charge in [0.15, 0.2) is 5.13 Å². The zero-order chi connectivity index (χ0) is 21.3. The van der Waals surface area contributed by atoms with Crippen molar-refractivity contribution in [2.24, 2.45) is 0 Å². The normalized spacial score (nSPS) is 11.4. The summed E-state index contributed by atoms with van der Waals surface area (Å²) in [6.45, 7) is 1.22. The summed E-state index contributed by atoms with van der Waals surface area (Å²) in [4.78, 5) is 26.3. The highest BCUT2D eigenvalue weighted by molar-refractivity contribution is 7.22. The van der Waals surface area contributed by atoms with Gasteiger partial charge in [0, 0.05) is 18.7 Å². The maximum absolute atomic E-state index is 13.5. The zero-order valence-electron chi connectivity index (χ0n) is 17.2. The van der Waals surface area contributed by atoms with Crippen LogP contribution in [0, 0.1) is 0 Å². The van der Waals surface area contributed by atoms with Crippen molar-refractivity contribution >= 4 is 54.1 Å². The Balaban J connectivity index is 1.79. The maximum atomic E-state index is 13.5. The van der Waals surface area contributed by atoms with Crippen molar-refractivity contribution in [3.63, 3.8) is 0 Å². The first-order chi connectivity index (χ1) is 14.5. The van der Waals surface area contributed by atoms with Crippen LogP contribution in [0.1, 0.15) is 10.4 Å². The van der Waals surface area contributed by atoms with Crippen LogP contribution in [0.15, 0.2) is 35.8 Å². The number of carbonyl (C=O) groups excluding carboxylic acids is 1. The van der Waals surface area contributed by atoms with Gasteiger partial charge in [0.25, 0.3) is 5.91 Å². The third-order valence-electron chi connectivity index (χ3n) is 4.72. The van der Waals surface area contributed by atoms with E-state index in [1.165, 1.54) is 22.7 Å². The van der Waals surface area contributed by atoms with Crippen LogP contribution < -0.4 is 14.4 Å². The van der Waals surface area contributed by atoms with Crippen LogP contribution in [0.3, 0.4) is 0 Å². The molecule has 2 aromatic carbocycles. The van der Waals surface area contributed by atoms with Crippen molar-refractivity contribution < 1.29 is 14.3 Å². The van der Waals surface area contributed by atoms with E-state index < -0.39 is 0 Å². The molecule has 0 aliphatic carbocycles. The number of amides is 1. The predicted octanol–water partition coefficient (Wildman–Crippen LogP) is 4.13. The molecule has 0 radical (unpaired) electrons. The van der Waals surface area contributed by atoms with Gasteiger partial charge in [0.2, 0.25) is 0 Å². The van der Waals surface area contributed by atoms with Gasteiger partial charge in [-0.15, -0.1) is 11.3 Å². The maximum Gasteiger partial charge on any atom is 0.260 e. The van der Waals surface area contributed by atoms with Gasteiger partial charge in [0.1, 0.15) is 21.7 Å². The van der Waals surface area contributed by atoms with Crippen LogP contribution in [0.25, 0.3) is 20.4 Å². The number of hydrogen-bond donors (Lipinski definition) is 0. The number of carbonyl (C=O) groups is 1. The molecule has 0 atom stereocenters. The van der Waals surface area contributed by atoms with Crippen LogP contribution >= 0.6 is 22.7 Å². The van der Waals surface area contributed by atoms with Crippen molar-refractivity contribution in [2.45, 2.75) is 0 Å². The molecule has 2 heterocycles. The number of fused-ring (bicyclic) bond motifs is 2. The van der Waals surface area contributed by atoms with Crippen molar-refractivity contribution in [3.05, 3.63) is 41.4 Å². The summed E-state index contributed by atoms with van der Waals surface area (Å²) in [5.41, 5.74) is 3.99. The molecule has 156 valence electrons. The Bertz CT molecular complexity index is 1160. The molecule has 0 aliphatic heterocycles. The molecule has 30 heavy (non-hydrogen) atoms. The van der Waals surface area contributed by atoms with Gasteiger partial charge >= 0.3 is 0 Å². The molecule has 9 heteroatoms. The summed E-state index contributed by atoms with van der Waals surface area (Å²) in [7, 11) is 7.20. The number of hydrogen-bond acceptors (Lipinski definition) is 8. The molecule has 4 rings (SSSR count). The fourth-order valence-corrected chi connectivity index (χ4v) is 4.93. The highest BCUT2D eigenvalue weighted by atomic mass is 32.1. The second-order valence-corrected chi connectivity index (χ2v) is 8.80. The van der Waals surface area contributed by atoms with E-state index in [9.17, 15) is 4.79 Å². The molecule has 0 saturated carbocycles. The third-order valence-corrected chi connectivity index (χ3v) is 6.61. The monoisotopic (exact) mass is 442 g/mol. The number of nitrogens with zero attached hydrogens (tertiary/aromatic N) is 4. The first kappa shape index (κ1) is 20.5. The summed E-state index contributed by atoms with van der Waals surface area (Å²) in [5.74, 6) is 1.27. The fraction of sp³-hybridized carbons (Fsp3) is 0.286. The minimum absolute atomic E-state index is 0.0934. The Morgan fingerprint density at radius 2 is 1.83 bits per heavy atom. The summed E-state index contributed by atoms with van der Waals surface area (Å²) in [5, 5.41) is 0.615. The first-order valence-corrected chi connectivity index (χ1v) is 11.0. The minimum atomic E-state index is -0.0934. The molecule has 0 fully saturated rings. The van der Waals surface area contributed by atoms with Gasteiger partial charge < -0.3 is 14.4 Å². The minimum Gasteiger partial charge on any atom is -0.495 e. The second-order valence-electron chi connectivity index (χ2n) is 6.94. The highest BCUT2D eigenvalue weighted by Crippen LogP contribution is 2.40. The van der Waals surface area contributed by atoms with Gasteiger partial charge in [-0.05, 0) is 44.4 Å². The molecular formula is C21H22N4O3S2. The van der Waals surface area contributed by atoms with E-state index in [0.717, 1.165) is 14.9 Å². The summed E-state index contributed by atoms with van der Waals surface area (Å²) in [6, 6.07) is 9.28. The van der Waals surface area contributed by atoms with Crippen molar-refractivity contribution in [1.29, 1.82) is 0 Å². The molecule has 0 unspecified atom stereocenters. The number of thiazole rings is 2. The molecule has 0 N–H and O–H groups in total. The number of likely N-dealkylation sites (N-methyl/N-ethyl adjacent to an activating group) is 1. The van der Waals surface area contributed by atoms with Gasteiger partial charge in [0.05, 0.1) is 29.9 Å². The van der Waals surface area contributed by atoms with E-state index in [-0.39, 0.29) is 5.91 Å². The average molecular weight is 443 g/mol. The van der Waals surface area contributed by atoms with E-state index in [1.54, 1.807) is 24.6 Å². The molecule has 0 saturated heterocycles. The lowest BCUT2D eigenvalue weighted by Gasteiger charge is -2.22. The lowest BCUT2D eigenvalue weighted by Crippen LogP contribution is -2.36. The summed E-state index contributed by atoms with van der Waals surface area (Å²) >= 11 is 2.95. The highest BCUT2D eigenvalue weighted by Gasteiger charge is 2.24. The van der Waals surface area contributed by atoms with Gasteiger partial charge in [-0.2, -0.15) is 0 Å². The predicted molar refractivity (Wildman–Crippen MR) is 123 cm³/mol. The summed E-state index contributed by atoms with van der Waals surface area (Å²) in [6.07, 6.45) is 0. The van der Waals surface area contributed by atoms with Crippen LogP contribution in [-0.2, 0) is 0 Å². The number of ether oxygens (including phenoxy) is 2. The van der Waals surface area contributed by atoms with Gasteiger partial charge in [-0.3, -0.25) is 9.69 Å².